The monoisotopic (exact) mass is 194 g/mol. The maximum absolute atomic E-state index is 11.0. The normalized spacial score (nSPS) is 8.36. The lowest BCUT2D eigenvalue weighted by molar-refractivity contribution is -0.141. The van der Waals surface area contributed by atoms with Crippen LogP contribution in [0.25, 0.3) is 5.53 Å². The molecule has 0 rings (SSSR count). The topological polar surface area (TPSA) is 79.8 Å². The minimum Gasteiger partial charge on any atom is -0.452 e. The highest BCUT2D eigenvalue weighted by molar-refractivity contribution is 6.61. The summed E-state index contributed by atoms with van der Waals surface area (Å²) in [7, 11) is 0. The molecule has 0 saturated carbocycles. The van der Waals surface area contributed by atoms with Gasteiger partial charge in [-0.25, -0.2) is 4.79 Å². The minimum absolute atomic E-state index is 0.0887. The number of hydrogen-bond donors (Lipinski definition) is 0. The number of nitrogens with zero attached hydrogens (tertiary/aromatic N) is 2. The van der Waals surface area contributed by atoms with E-state index in [0.717, 1.165) is 6.92 Å². The Balaban J connectivity index is 4.35. The molecule has 0 amide bonds. The van der Waals surface area contributed by atoms with Gasteiger partial charge in [-0.1, -0.05) is 19.2 Å². The van der Waals surface area contributed by atoms with Crippen molar-refractivity contribution in [1.82, 2.24) is 0 Å². The van der Waals surface area contributed by atoms with Gasteiger partial charge in [-0.05, 0) is 5.57 Å². The van der Waals surface area contributed by atoms with Crippen LogP contribution in [0.2, 0.25) is 0 Å². The molecule has 0 aromatic rings. The highest BCUT2D eigenvalue weighted by Gasteiger charge is 2.27. The Kier molecular flexibility index (Phi) is 4.81. The molecule has 0 aromatic carbocycles. The Labute approximate surface area is 81.3 Å². The fourth-order valence-corrected chi connectivity index (χ4v) is 0.540. The van der Waals surface area contributed by atoms with Crippen LogP contribution in [0.4, 0.5) is 0 Å². The van der Waals surface area contributed by atoms with E-state index in [-0.39, 0.29) is 6.61 Å². The van der Waals surface area contributed by atoms with E-state index in [1.54, 1.807) is 0 Å². The molecule has 0 radical (unpaired) electrons. The summed E-state index contributed by atoms with van der Waals surface area (Å²) in [6.07, 6.45) is 1.41. The highest BCUT2D eigenvalue weighted by atomic mass is 16.5. The lowest BCUT2D eigenvalue weighted by atomic mass is 10.3. The van der Waals surface area contributed by atoms with Crippen molar-refractivity contribution in [1.29, 1.82) is 0 Å². The summed E-state index contributed by atoms with van der Waals surface area (Å²) in [6.45, 7) is 7.90. The Morgan fingerprint density at radius 2 is 2.14 bits per heavy atom. The van der Waals surface area contributed by atoms with Crippen molar-refractivity contribution in [2.45, 2.75) is 6.92 Å². The van der Waals surface area contributed by atoms with Crippen LogP contribution < -0.4 is 0 Å². The number of Topliss-reactive ketones (excluding diaryl/α,β-unsaturated/α-hetero) is 1. The summed E-state index contributed by atoms with van der Waals surface area (Å²) in [5.74, 6) is -1.65. The summed E-state index contributed by atoms with van der Waals surface area (Å²) >= 11 is 0. The van der Waals surface area contributed by atoms with Crippen LogP contribution in [0.5, 0.6) is 0 Å². The zero-order valence-corrected chi connectivity index (χ0v) is 7.82. The predicted molar refractivity (Wildman–Crippen MR) is 49.6 cm³/mol. The molecular formula is C9H10N2O3. The van der Waals surface area contributed by atoms with Gasteiger partial charge in [0.15, 0.2) is 0 Å². The molecule has 0 spiro atoms. The average Bonchev–Trinajstić information content (AvgIpc) is 2.14. The van der Waals surface area contributed by atoms with Gasteiger partial charge in [0.25, 0.3) is 0 Å². The van der Waals surface area contributed by atoms with Crippen molar-refractivity contribution in [2.24, 2.45) is 0 Å². The van der Waals surface area contributed by atoms with Crippen molar-refractivity contribution in [2.75, 3.05) is 6.61 Å². The Bertz CT molecular complexity index is 338. The van der Waals surface area contributed by atoms with Crippen LogP contribution in [-0.4, -0.2) is 28.9 Å². The van der Waals surface area contributed by atoms with E-state index in [2.05, 4.69) is 22.7 Å². The van der Waals surface area contributed by atoms with Crippen LogP contribution in [0.1, 0.15) is 6.92 Å². The second-order valence-electron chi connectivity index (χ2n) is 2.44. The predicted octanol–water partition coefficient (Wildman–Crippen LogP) is 0.532. The van der Waals surface area contributed by atoms with E-state index in [1.807, 2.05) is 0 Å². The third kappa shape index (κ3) is 3.60. The van der Waals surface area contributed by atoms with Gasteiger partial charge in [0.1, 0.15) is 6.61 Å². The fourth-order valence-electron chi connectivity index (χ4n) is 0.540. The van der Waals surface area contributed by atoms with Crippen LogP contribution in [0.15, 0.2) is 24.8 Å². The van der Waals surface area contributed by atoms with Gasteiger partial charge < -0.3 is 10.3 Å². The molecule has 74 valence electrons. The third-order valence-corrected chi connectivity index (χ3v) is 1.30. The molecule has 0 aliphatic carbocycles. The van der Waals surface area contributed by atoms with Crippen LogP contribution in [-0.2, 0) is 14.3 Å². The molecule has 0 N–H and O–H groups in total. The zero-order valence-electron chi connectivity index (χ0n) is 7.82. The summed E-state index contributed by atoms with van der Waals surface area (Å²) in [4.78, 5) is 24.3. The number of ketones is 1. The first-order chi connectivity index (χ1) is 6.52. The fraction of sp³-hybridized carbons (Fsp3) is 0.222. The maximum atomic E-state index is 11.0. The standard InChI is InChI=1S/C9H10N2O3/c1-4-6(2)5-14-9(13)8(11-10)7(3)12/h4H,1-2,5H2,3H3. The first kappa shape index (κ1) is 12.0. The SMILES string of the molecule is C=CC(=C)COC(=O)C(=[N+]=[N-])C(C)=O. The lowest BCUT2D eigenvalue weighted by Gasteiger charge is -1.99. The van der Waals surface area contributed by atoms with Gasteiger partial charge >= 0.3 is 11.7 Å². The van der Waals surface area contributed by atoms with Crippen molar-refractivity contribution in [3.63, 3.8) is 0 Å². The van der Waals surface area contributed by atoms with Gasteiger partial charge in [-0.2, -0.15) is 4.79 Å². The molecule has 14 heavy (non-hydrogen) atoms. The largest absolute Gasteiger partial charge is 0.452 e. The summed E-state index contributed by atoms with van der Waals surface area (Å²) in [6, 6.07) is 0. The highest BCUT2D eigenvalue weighted by Crippen LogP contribution is 1.93. The Morgan fingerprint density at radius 3 is 2.50 bits per heavy atom. The molecule has 0 aliphatic rings. The van der Waals surface area contributed by atoms with E-state index >= 15 is 0 Å². The van der Waals surface area contributed by atoms with Gasteiger partial charge in [-0.15, -0.1) is 0 Å². The molecule has 0 aromatic heterocycles. The van der Waals surface area contributed by atoms with E-state index in [4.69, 9.17) is 5.53 Å². The lowest BCUT2D eigenvalue weighted by Crippen LogP contribution is -2.25. The average molecular weight is 194 g/mol. The van der Waals surface area contributed by atoms with Crippen molar-refractivity contribution < 1.29 is 19.1 Å². The van der Waals surface area contributed by atoms with Crippen molar-refractivity contribution in [3.05, 3.63) is 30.3 Å². The molecule has 0 atom stereocenters. The smallest absolute Gasteiger partial charge is 0.441 e. The molecule has 0 bridgehead atoms. The van der Waals surface area contributed by atoms with E-state index in [1.165, 1.54) is 6.08 Å². The number of hydrogen-bond acceptors (Lipinski definition) is 3. The van der Waals surface area contributed by atoms with E-state index < -0.39 is 17.5 Å². The first-order valence-corrected chi connectivity index (χ1v) is 3.73. The van der Waals surface area contributed by atoms with Crippen molar-refractivity contribution in [3.8, 4) is 0 Å². The van der Waals surface area contributed by atoms with Gasteiger partial charge in [0.2, 0.25) is 5.78 Å². The number of carbonyl (C=O) groups is 2. The van der Waals surface area contributed by atoms with Gasteiger partial charge in [-0.3, -0.25) is 4.79 Å². The Morgan fingerprint density at radius 1 is 1.57 bits per heavy atom. The summed E-state index contributed by atoms with van der Waals surface area (Å²) < 4.78 is 4.59. The molecular weight excluding hydrogens is 184 g/mol. The third-order valence-electron chi connectivity index (χ3n) is 1.30. The Hall–Kier alpha value is -2.00. The van der Waals surface area contributed by atoms with Crippen molar-refractivity contribution >= 4 is 17.5 Å². The zero-order chi connectivity index (χ0) is 11.1. The van der Waals surface area contributed by atoms with Gasteiger partial charge in [0, 0.05) is 6.92 Å². The number of esters is 1. The summed E-state index contributed by atoms with van der Waals surface area (Å²) in [5, 5.41) is 0. The van der Waals surface area contributed by atoms with Crippen LogP contribution in [0, 0.1) is 0 Å². The second kappa shape index (κ2) is 5.61. The molecule has 0 unspecified atom stereocenters. The minimum atomic E-state index is -0.983. The van der Waals surface area contributed by atoms with Gasteiger partial charge in [0.05, 0.1) is 0 Å². The molecule has 5 heteroatoms. The second-order valence-corrected chi connectivity index (χ2v) is 2.44. The molecule has 0 fully saturated rings. The number of rotatable bonds is 5. The molecule has 5 nitrogen and oxygen atoms in total. The van der Waals surface area contributed by atoms with E-state index in [9.17, 15) is 9.59 Å². The maximum Gasteiger partial charge on any atom is 0.441 e. The first-order valence-electron chi connectivity index (χ1n) is 3.73. The molecule has 0 heterocycles. The summed E-state index contributed by atoms with van der Waals surface area (Å²) in [5.41, 5.74) is 8.16. The number of carbonyl (C=O) groups excluding carboxylic acids is 2. The molecule has 0 saturated heterocycles. The van der Waals surface area contributed by atoms with Crippen LogP contribution in [0.3, 0.4) is 0 Å². The quantitative estimate of drug-likeness (QED) is 0.160. The van der Waals surface area contributed by atoms with E-state index in [0.29, 0.717) is 5.57 Å². The molecule has 0 aliphatic heterocycles. The number of ether oxygens (including phenoxy) is 1. The van der Waals surface area contributed by atoms with Crippen LogP contribution >= 0.6 is 0 Å².